The van der Waals surface area contributed by atoms with E-state index in [4.69, 9.17) is 4.98 Å². The van der Waals surface area contributed by atoms with Crippen molar-refractivity contribution in [2.75, 3.05) is 42.9 Å². The van der Waals surface area contributed by atoms with Gasteiger partial charge in [0.2, 0.25) is 0 Å². The van der Waals surface area contributed by atoms with E-state index in [0.717, 1.165) is 38.5 Å². The van der Waals surface area contributed by atoms with Gasteiger partial charge in [-0.2, -0.15) is 0 Å². The summed E-state index contributed by atoms with van der Waals surface area (Å²) in [5, 5.41) is 6.28. The lowest BCUT2D eigenvalue weighted by Gasteiger charge is -2.38. The Morgan fingerprint density at radius 3 is 2.67 bits per heavy atom. The number of hydrogen-bond donors (Lipinski definition) is 1. The van der Waals surface area contributed by atoms with Gasteiger partial charge in [0.1, 0.15) is 5.82 Å². The lowest BCUT2D eigenvalue weighted by atomic mass is 9.97. The fourth-order valence-corrected chi connectivity index (χ4v) is 4.45. The third-order valence-corrected chi connectivity index (χ3v) is 5.94. The molecule has 27 heavy (non-hydrogen) atoms. The van der Waals surface area contributed by atoms with Gasteiger partial charge < -0.3 is 10.2 Å². The molecule has 4 heteroatoms. The molecule has 3 heterocycles. The Hall–Kier alpha value is -2.59. The summed E-state index contributed by atoms with van der Waals surface area (Å²) in [6, 6.07) is 19.9. The monoisotopic (exact) mass is 358 g/mol. The highest BCUT2D eigenvalue weighted by atomic mass is 15.3. The number of anilines is 2. The topological polar surface area (TPSA) is 31.4 Å². The molecule has 1 aromatic heterocycles. The van der Waals surface area contributed by atoms with E-state index in [1.54, 1.807) is 0 Å². The lowest BCUT2D eigenvalue weighted by molar-refractivity contribution is 0.243. The van der Waals surface area contributed by atoms with Crippen molar-refractivity contribution >= 4 is 22.3 Å². The number of aryl methyl sites for hydroxylation is 1. The minimum Gasteiger partial charge on any atom is -0.381 e. The zero-order valence-electron chi connectivity index (χ0n) is 15.6. The fourth-order valence-electron chi connectivity index (χ4n) is 4.45. The van der Waals surface area contributed by atoms with Crippen LogP contribution in [0.15, 0.2) is 60.8 Å². The van der Waals surface area contributed by atoms with E-state index in [0.29, 0.717) is 6.04 Å². The molecule has 1 fully saturated rings. The molecular weight excluding hydrogens is 332 g/mol. The van der Waals surface area contributed by atoms with Gasteiger partial charge in [-0.1, -0.05) is 42.5 Å². The van der Waals surface area contributed by atoms with Crippen molar-refractivity contribution in [1.82, 2.24) is 9.88 Å². The average Bonchev–Trinajstić information content (AvgIpc) is 2.74. The van der Waals surface area contributed by atoms with Crippen molar-refractivity contribution in [3.63, 3.8) is 0 Å². The first-order valence-corrected chi connectivity index (χ1v) is 10.0. The number of nitrogens with one attached hydrogen (secondary N) is 1. The Balaban J connectivity index is 1.22. The fraction of sp³-hybridized carbons (Fsp3) is 0.348. The van der Waals surface area contributed by atoms with Crippen LogP contribution in [0, 0.1) is 0 Å². The molecule has 1 N–H and O–H groups in total. The van der Waals surface area contributed by atoms with Crippen LogP contribution in [0.4, 0.5) is 11.5 Å². The van der Waals surface area contributed by atoms with Crippen LogP contribution in [0.5, 0.6) is 0 Å². The number of benzene rings is 2. The molecule has 0 saturated carbocycles. The van der Waals surface area contributed by atoms with E-state index >= 15 is 0 Å². The van der Waals surface area contributed by atoms with Crippen LogP contribution in [-0.2, 0) is 6.42 Å². The Kier molecular flexibility index (Phi) is 4.42. The molecule has 2 aliphatic heterocycles. The molecule has 1 unspecified atom stereocenters. The van der Waals surface area contributed by atoms with Crippen LogP contribution in [-0.4, -0.2) is 48.6 Å². The Morgan fingerprint density at radius 1 is 0.926 bits per heavy atom. The maximum Gasteiger partial charge on any atom is 0.136 e. The number of para-hydroxylation sites is 1. The van der Waals surface area contributed by atoms with Gasteiger partial charge >= 0.3 is 0 Å². The number of nitrogens with zero attached hydrogens (tertiary/aromatic N) is 3. The van der Waals surface area contributed by atoms with Gasteiger partial charge in [0, 0.05) is 56.0 Å². The van der Waals surface area contributed by atoms with Gasteiger partial charge in [0.05, 0.1) is 0 Å². The first-order valence-electron chi connectivity index (χ1n) is 10.0. The van der Waals surface area contributed by atoms with E-state index < -0.39 is 0 Å². The number of piperazine rings is 1. The smallest absolute Gasteiger partial charge is 0.136 e. The third kappa shape index (κ3) is 3.37. The summed E-state index contributed by atoms with van der Waals surface area (Å²) in [6.45, 7) is 5.43. The number of aromatic nitrogens is 1. The van der Waals surface area contributed by atoms with Crippen molar-refractivity contribution in [1.29, 1.82) is 0 Å². The third-order valence-electron chi connectivity index (χ3n) is 5.94. The van der Waals surface area contributed by atoms with Crippen LogP contribution >= 0.6 is 0 Å². The van der Waals surface area contributed by atoms with Gasteiger partial charge in [0.15, 0.2) is 0 Å². The predicted octanol–water partition coefficient (Wildman–Crippen LogP) is 3.78. The van der Waals surface area contributed by atoms with Crippen LogP contribution < -0.4 is 10.2 Å². The second kappa shape index (κ2) is 7.20. The summed E-state index contributed by atoms with van der Waals surface area (Å²) in [4.78, 5) is 9.74. The van der Waals surface area contributed by atoms with E-state index in [-0.39, 0.29) is 0 Å². The highest BCUT2D eigenvalue weighted by molar-refractivity contribution is 5.92. The summed E-state index contributed by atoms with van der Waals surface area (Å²) in [7, 11) is 0. The number of hydrogen-bond acceptors (Lipinski definition) is 4. The molecular formula is C23H26N4. The van der Waals surface area contributed by atoms with Crippen molar-refractivity contribution < 1.29 is 0 Å². The molecule has 0 radical (unpaired) electrons. The number of fused-ring (bicyclic) bond motifs is 2. The minimum absolute atomic E-state index is 0.558. The summed E-state index contributed by atoms with van der Waals surface area (Å²) >= 11 is 0. The Bertz CT molecular complexity index is 925. The van der Waals surface area contributed by atoms with Gasteiger partial charge in [-0.05, 0) is 35.9 Å². The summed E-state index contributed by atoms with van der Waals surface area (Å²) in [5.41, 5.74) is 2.79. The molecule has 0 bridgehead atoms. The number of rotatable bonds is 3. The summed E-state index contributed by atoms with van der Waals surface area (Å²) in [5.74, 6) is 1.14. The Labute approximate surface area is 160 Å². The van der Waals surface area contributed by atoms with Gasteiger partial charge in [-0.3, -0.25) is 4.90 Å². The quantitative estimate of drug-likeness (QED) is 0.772. The molecule has 1 saturated heterocycles. The molecule has 0 aliphatic carbocycles. The molecule has 5 rings (SSSR count). The largest absolute Gasteiger partial charge is 0.381 e. The second-order valence-corrected chi connectivity index (χ2v) is 7.68. The summed E-state index contributed by atoms with van der Waals surface area (Å²) < 4.78 is 0. The van der Waals surface area contributed by atoms with Crippen LogP contribution in [0.25, 0.3) is 10.8 Å². The van der Waals surface area contributed by atoms with Crippen LogP contribution in [0.1, 0.15) is 12.0 Å². The maximum atomic E-state index is 4.69. The SMILES string of the molecule is c1ccc2c(c1)CCC(CN1CCN(c3nccc4ccccc34)CC1)N2. The highest BCUT2D eigenvalue weighted by Crippen LogP contribution is 2.27. The summed E-state index contributed by atoms with van der Waals surface area (Å²) in [6.07, 6.45) is 4.35. The molecule has 3 aromatic rings. The maximum absolute atomic E-state index is 4.69. The molecule has 4 nitrogen and oxygen atoms in total. The van der Waals surface area contributed by atoms with E-state index in [9.17, 15) is 0 Å². The van der Waals surface area contributed by atoms with Gasteiger partial charge in [-0.15, -0.1) is 0 Å². The number of pyridine rings is 1. The first kappa shape index (κ1) is 16.6. The molecule has 138 valence electrons. The zero-order valence-corrected chi connectivity index (χ0v) is 15.6. The van der Waals surface area contributed by atoms with Crippen molar-refractivity contribution in [3.05, 3.63) is 66.4 Å². The van der Waals surface area contributed by atoms with Crippen molar-refractivity contribution in [2.24, 2.45) is 0 Å². The van der Waals surface area contributed by atoms with Gasteiger partial charge in [-0.25, -0.2) is 4.98 Å². The van der Waals surface area contributed by atoms with Crippen molar-refractivity contribution in [2.45, 2.75) is 18.9 Å². The second-order valence-electron chi connectivity index (χ2n) is 7.68. The van der Waals surface area contributed by atoms with Crippen LogP contribution in [0.2, 0.25) is 0 Å². The molecule has 1 atom stereocenters. The highest BCUT2D eigenvalue weighted by Gasteiger charge is 2.24. The zero-order chi connectivity index (χ0) is 18.1. The molecule has 2 aliphatic rings. The van der Waals surface area contributed by atoms with E-state index in [1.807, 2.05) is 6.20 Å². The molecule has 0 spiro atoms. The normalized spacial score (nSPS) is 20.3. The van der Waals surface area contributed by atoms with Crippen molar-refractivity contribution in [3.8, 4) is 0 Å². The van der Waals surface area contributed by atoms with E-state index in [1.165, 1.54) is 34.9 Å². The molecule has 0 amide bonds. The molecule has 2 aromatic carbocycles. The van der Waals surface area contributed by atoms with Crippen LogP contribution in [0.3, 0.4) is 0 Å². The minimum atomic E-state index is 0.558. The first-order chi connectivity index (χ1) is 13.4. The average molecular weight is 358 g/mol. The van der Waals surface area contributed by atoms with Gasteiger partial charge in [0.25, 0.3) is 0 Å². The van der Waals surface area contributed by atoms with E-state index in [2.05, 4.69) is 69.7 Å². The Morgan fingerprint density at radius 2 is 1.74 bits per heavy atom. The lowest BCUT2D eigenvalue weighted by Crippen LogP contribution is -2.50. The standard InChI is InChI=1S/C23H26N4/c1-3-7-21-18(5-1)11-12-24-23(21)27-15-13-26(14-16-27)17-20-10-9-19-6-2-4-8-22(19)25-20/h1-8,11-12,20,25H,9-10,13-17H2. The predicted molar refractivity (Wildman–Crippen MR) is 113 cm³/mol.